The maximum atomic E-state index is 13.8. The van der Waals surface area contributed by atoms with Crippen molar-refractivity contribution in [2.75, 3.05) is 11.9 Å². The minimum Gasteiger partial charge on any atom is -0.490 e. The SMILES string of the molecule is CCOc1cccc2cc(-c3csc(Nc4ccccc4F)n3)c(=O)oc12. The molecule has 0 aliphatic heterocycles. The van der Waals surface area contributed by atoms with Crippen LogP contribution in [0.4, 0.5) is 15.2 Å². The normalized spacial score (nSPS) is 10.9. The molecule has 0 aliphatic carbocycles. The van der Waals surface area contributed by atoms with Gasteiger partial charge in [-0.3, -0.25) is 0 Å². The Labute approximate surface area is 158 Å². The zero-order valence-corrected chi connectivity index (χ0v) is 15.2. The molecule has 0 atom stereocenters. The summed E-state index contributed by atoms with van der Waals surface area (Å²) in [6.45, 7) is 2.34. The van der Waals surface area contributed by atoms with E-state index in [2.05, 4.69) is 10.3 Å². The second-order valence-electron chi connectivity index (χ2n) is 5.70. The van der Waals surface area contributed by atoms with Gasteiger partial charge in [-0.1, -0.05) is 24.3 Å². The molecule has 2 heterocycles. The highest BCUT2D eigenvalue weighted by molar-refractivity contribution is 7.14. The van der Waals surface area contributed by atoms with E-state index in [1.807, 2.05) is 19.1 Å². The molecule has 27 heavy (non-hydrogen) atoms. The molecule has 7 heteroatoms. The van der Waals surface area contributed by atoms with Crippen LogP contribution in [0.1, 0.15) is 6.92 Å². The number of fused-ring (bicyclic) bond motifs is 1. The zero-order valence-electron chi connectivity index (χ0n) is 14.4. The first kappa shape index (κ1) is 17.2. The minimum absolute atomic E-state index is 0.324. The summed E-state index contributed by atoms with van der Waals surface area (Å²) in [5, 5.41) is 5.88. The third-order valence-corrected chi connectivity index (χ3v) is 4.68. The van der Waals surface area contributed by atoms with Gasteiger partial charge in [-0.2, -0.15) is 0 Å². The van der Waals surface area contributed by atoms with Gasteiger partial charge in [-0.15, -0.1) is 11.3 Å². The molecule has 2 aromatic carbocycles. The lowest BCUT2D eigenvalue weighted by atomic mass is 10.1. The van der Waals surface area contributed by atoms with Crippen LogP contribution in [-0.4, -0.2) is 11.6 Å². The molecule has 0 saturated carbocycles. The molecule has 0 amide bonds. The number of anilines is 2. The van der Waals surface area contributed by atoms with Gasteiger partial charge in [-0.05, 0) is 31.2 Å². The molecule has 0 saturated heterocycles. The number of aromatic nitrogens is 1. The van der Waals surface area contributed by atoms with Crippen molar-refractivity contribution in [2.45, 2.75) is 6.92 Å². The van der Waals surface area contributed by atoms with E-state index in [0.29, 0.717) is 40.0 Å². The highest BCUT2D eigenvalue weighted by Gasteiger charge is 2.14. The Kier molecular flexibility index (Phi) is 4.60. The summed E-state index contributed by atoms with van der Waals surface area (Å²) in [5.74, 6) is 0.154. The van der Waals surface area contributed by atoms with Gasteiger partial charge < -0.3 is 14.5 Å². The summed E-state index contributed by atoms with van der Waals surface area (Å²) in [5.41, 5.74) is 1.04. The lowest BCUT2D eigenvalue weighted by Crippen LogP contribution is -2.04. The first-order chi connectivity index (χ1) is 13.2. The maximum Gasteiger partial charge on any atom is 0.345 e. The molecular formula is C20H15FN2O3S. The van der Waals surface area contributed by atoms with E-state index in [9.17, 15) is 9.18 Å². The molecule has 0 aliphatic rings. The summed E-state index contributed by atoms with van der Waals surface area (Å²) in [6.07, 6.45) is 0. The highest BCUT2D eigenvalue weighted by atomic mass is 32.1. The summed E-state index contributed by atoms with van der Waals surface area (Å²) < 4.78 is 24.8. The first-order valence-corrected chi connectivity index (χ1v) is 9.21. The predicted molar refractivity (Wildman–Crippen MR) is 104 cm³/mol. The van der Waals surface area contributed by atoms with Crippen molar-refractivity contribution in [3.8, 4) is 17.0 Å². The van der Waals surface area contributed by atoms with Crippen LogP contribution in [-0.2, 0) is 0 Å². The second kappa shape index (κ2) is 7.20. The third kappa shape index (κ3) is 3.41. The molecule has 0 bridgehead atoms. The standard InChI is InChI=1S/C20H15FN2O3S/c1-2-25-17-9-5-6-12-10-13(19(24)26-18(12)17)16-11-27-20(23-16)22-15-8-4-3-7-14(15)21/h3-11H,2H2,1H3,(H,22,23). The van der Waals surface area contributed by atoms with Gasteiger partial charge in [0.25, 0.3) is 0 Å². The van der Waals surface area contributed by atoms with Gasteiger partial charge >= 0.3 is 5.63 Å². The molecule has 0 spiro atoms. The van der Waals surface area contributed by atoms with Gasteiger partial charge in [0.15, 0.2) is 16.5 Å². The Morgan fingerprint density at radius 1 is 1.22 bits per heavy atom. The number of hydrogen-bond donors (Lipinski definition) is 1. The number of benzene rings is 2. The van der Waals surface area contributed by atoms with Crippen molar-refractivity contribution in [2.24, 2.45) is 0 Å². The smallest absolute Gasteiger partial charge is 0.345 e. The van der Waals surface area contributed by atoms with Gasteiger partial charge in [0.05, 0.1) is 23.6 Å². The molecule has 4 aromatic rings. The minimum atomic E-state index is -0.502. The van der Waals surface area contributed by atoms with Gasteiger partial charge in [-0.25, -0.2) is 14.2 Å². The molecule has 5 nitrogen and oxygen atoms in total. The van der Waals surface area contributed by atoms with E-state index in [4.69, 9.17) is 9.15 Å². The van der Waals surface area contributed by atoms with Crippen LogP contribution in [0.25, 0.3) is 22.2 Å². The fraction of sp³-hybridized carbons (Fsp3) is 0.100. The number of thiazole rings is 1. The Morgan fingerprint density at radius 2 is 2.07 bits per heavy atom. The topological polar surface area (TPSA) is 64.4 Å². The second-order valence-corrected chi connectivity index (χ2v) is 6.56. The van der Waals surface area contributed by atoms with Crippen LogP contribution < -0.4 is 15.7 Å². The summed E-state index contributed by atoms with van der Waals surface area (Å²) in [6, 6.07) is 13.5. The highest BCUT2D eigenvalue weighted by Crippen LogP contribution is 2.30. The van der Waals surface area contributed by atoms with E-state index < -0.39 is 5.63 Å². The van der Waals surface area contributed by atoms with Gasteiger partial charge in [0, 0.05) is 10.8 Å². The quantitative estimate of drug-likeness (QED) is 0.481. The molecule has 4 rings (SSSR count). The Morgan fingerprint density at radius 3 is 2.89 bits per heavy atom. The Hall–Kier alpha value is -3.19. The van der Waals surface area contributed by atoms with Crippen LogP contribution >= 0.6 is 11.3 Å². The van der Waals surface area contributed by atoms with E-state index in [-0.39, 0.29) is 5.82 Å². The third-order valence-electron chi connectivity index (χ3n) is 3.92. The average Bonchev–Trinajstić information content (AvgIpc) is 3.12. The Balaban J connectivity index is 1.71. The molecule has 0 radical (unpaired) electrons. The molecule has 136 valence electrons. The van der Waals surface area contributed by atoms with Crippen LogP contribution in [0.2, 0.25) is 0 Å². The fourth-order valence-corrected chi connectivity index (χ4v) is 3.42. The molecule has 0 unspecified atom stereocenters. The van der Waals surface area contributed by atoms with Crippen molar-refractivity contribution in [3.05, 3.63) is 70.1 Å². The number of para-hydroxylation sites is 2. The maximum absolute atomic E-state index is 13.8. The van der Waals surface area contributed by atoms with E-state index in [1.54, 1.807) is 35.7 Å². The summed E-state index contributed by atoms with van der Waals surface area (Å²) in [7, 11) is 0. The number of halogens is 1. The van der Waals surface area contributed by atoms with E-state index >= 15 is 0 Å². The lowest BCUT2D eigenvalue weighted by Gasteiger charge is -2.06. The van der Waals surface area contributed by atoms with Crippen LogP contribution in [0, 0.1) is 5.82 Å². The van der Waals surface area contributed by atoms with Gasteiger partial charge in [0.2, 0.25) is 0 Å². The van der Waals surface area contributed by atoms with Crippen LogP contribution in [0.5, 0.6) is 5.75 Å². The average molecular weight is 382 g/mol. The van der Waals surface area contributed by atoms with E-state index in [1.165, 1.54) is 17.4 Å². The molecule has 2 aromatic heterocycles. The number of rotatable bonds is 5. The molecule has 1 N–H and O–H groups in total. The Bertz CT molecular complexity index is 1170. The number of ether oxygens (including phenoxy) is 1. The monoisotopic (exact) mass is 382 g/mol. The number of nitrogens with one attached hydrogen (secondary N) is 1. The van der Waals surface area contributed by atoms with Crippen molar-refractivity contribution >= 4 is 33.1 Å². The molecular weight excluding hydrogens is 367 g/mol. The van der Waals surface area contributed by atoms with Crippen molar-refractivity contribution in [3.63, 3.8) is 0 Å². The predicted octanol–water partition coefficient (Wildman–Crippen LogP) is 5.20. The summed E-state index contributed by atoms with van der Waals surface area (Å²) >= 11 is 1.28. The fourth-order valence-electron chi connectivity index (χ4n) is 2.70. The van der Waals surface area contributed by atoms with Crippen molar-refractivity contribution in [1.29, 1.82) is 0 Å². The first-order valence-electron chi connectivity index (χ1n) is 8.33. The summed E-state index contributed by atoms with van der Waals surface area (Å²) in [4.78, 5) is 16.9. The number of nitrogens with zero attached hydrogens (tertiary/aromatic N) is 1. The van der Waals surface area contributed by atoms with Crippen molar-refractivity contribution < 1.29 is 13.5 Å². The molecule has 0 fully saturated rings. The zero-order chi connectivity index (χ0) is 18.8. The van der Waals surface area contributed by atoms with Crippen LogP contribution in [0.3, 0.4) is 0 Å². The lowest BCUT2D eigenvalue weighted by molar-refractivity contribution is 0.337. The van der Waals surface area contributed by atoms with Gasteiger partial charge in [0.1, 0.15) is 5.82 Å². The van der Waals surface area contributed by atoms with Crippen LogP contribution in [0.15, 0.2) is 63.1 Å². The largest absolute Gasteiger partial charge is 0.490 e. The van der Waals surface area contributed by atoms with E-state index in [0.717, 1.165) is 5.39 Å². The van der Waals surface area contributed by atoms with Crippen molar-refractivity contribution in [1.82, 2.24) is 4.98 Å². The number of hydrogen-bond acceptors (Lipinski definition) is 6.